The molecule has 2 heterocycles. The van der Waals surface area contributed by atoms with Crippen LogP contribution in [0.25, 0.3) is 6.08 Å². The Morgan fingerprint density at radius 1 is 1.29 bits per heavy atom. The largest absolute Gasteiger partial charge is 0.366 e. The summed E-state index contributed by atoms with van der Waals surface area (Å²) in [4.78, 5) is 20.1. The fraction of sp³-hybridized carbons (Fsp3) is 0.333. The lowest BCUT2D eigenvalue weighted by Crippen LogP contribution is -2.48. The SMILES string of the molecule is CCN1c2ccc(/C=C3\SC(=Nc4cccc(Cl)c4Cl)NC3=O)cc2C(C)CC1(C)C. The van der Waals surface area contributed by atoms with Crippen LogP contribution in [0.3, 0.4) is 0 Å². The summed E-state index contributed by atoms with van der Waals surface area (Å²) in [6, 6.07) is 11.7. The molecule has 2 aromatic rings. The number of hydrogen-bond donors (Lipinski definition) is 1. The van der Waals surface area contributed by atoms with Crippen molar-refractivity contribution in [3.05, 3.63) is 62.5 Å². The number of fused-ring (bicyclic) bond motifs is 1. The third kappa shape index (κ3) is 4.36. The Kier molecular flexibility index (Phi) is 6.12. The van der Waals surface area contributed by atoms with Gasteiger partial charge in [0.15, 0.2) is 5.17 Å². The van der Waals surface area contributed by atoms with Crippen LogP contribution in [-0.4, -0.2) is 23.2 Å². The second-order valence-electron chi connectivity index (χ2n) is 8.53. The molecule has 4 rings (SSSR count). The zero-order valence-corrected chi connectivity index (χ0v) is 20.3. The molecule has 162 valence electrons. The van der Waals surface area contributed by atoms with Gasteiger partial charge in [0.25, 0.3) is 5.91 Å². The van der Waals surface area contributed by atoms with Crippen LogP contribution in [0.4, 0.5) is 11.4 Å². The third-order valence-corrected chi connectivity index (χ3v) is 7.55. The maximum absolute atomic E-state index is 12.5. The van der Waals surface area contributed by atoms with Crippen molar-refractivity contribution in [1.82, 2.24) is 5.32 Å². The summed E-state index contributed by atoms with van der Waals surface area (Å²) in [5, 5.41) is 4.11. The molecule has 1 atom stereocenters. The normalized spacial score (nSPS) is 22.7. The van der Waals surface area contributed by atoms with Crippen molar-refractivity contribution in [1.29, 1.82) is 0 Å². The van der Waals surface area contributed by atoms with Gasteiger partial charge in [-0.1, -0.05) is 42.3 Å². The Hall–Kier alpha value is -1.95. The Bertz CT molecular complexity index is 1110. The quantitative estimate of drug-likeness (QED) is 0.488. The molecule has 7 heteroatoms. The van der Waals surface area contributed by atoms with E-state index < -0.39 is 0 Å². The molecular formula is C24H25Cl2N3OS. The Balaban J connectivity index is 1.62. The van der Waals surface area contributed by atoms with Crippen LogP contribution in [0.1, 0.15) is 51.2 Å². The van der Waals surface area contributed by atoms with Crippen LogP contribution < -0.4 is 10.2 Å². The van der Waals surface area contributed by atoms with Crippen molar-refractivity contribution in [2.24, 2.45) is 4.99 Å². The molecule has 0 bridgehead atoms. The summed E-state index contributed by atoms with van der Waals surface area (Å²) in [6.45, 7) is 10.1. The molecule has 1 amide bonds. The first-order valence-corrected chi connectivity index (χ1v) is 11.9. The lowest BCUT2D eigenvalue weighted by atomic mass is 9.79. The summed E-state index contributed by atoms with van der Waals surface area (Å²) in [5.74, 6) is 0.294. The first-order valence-electron chi connectivity index (χ1n) is 10.3. The summed E-state index contributed by atoms with van der Waals surface area (Å²) in [6.07, 6.45) is 3.02. The summed E-state index contributed by atoms with van der Waals surface area (Å²) in [5.41, 5.74) is 4.30. The van der Waals surface area contributed by atoms with Crippen molar-refractivity contribution in [2.75, 3.05) is 11.4 Å². The van der Waals surface area contributed by atoms with Gasteiger partial charge >= 0.3 is 0 Å². The van der Waals surface area contributed by atoms with Crippen molar-refractivity contribution in [3.8, 4) is 0 Å². The summed E-state index contributed by atoms with van der Waals surface area (Å²) >= 11 is 13.6. The number of amides is 1. The van der Waals surface area contributed by atoms with Crippen molar-refractivity contribution in [3.63, 3.8) is 0 Å². The van der Waals surface area contributed by atoms with E-state index in [4.69, 9.17) is 23.2 Å². The third-order valence-electron chi connectivity index (χ3n) is 5.83. The zero-order valence-electron chi connectivity index (χ0n) is 18.0. The fourth-order valence-electron chi connectivity index (χ4n) is 4.52. The highest BCUT2D eigenvalue weighted by Gasteiger charge is 2.35. The zero-order chi connectivity index (χ0) is 22.3. The topological polar surface area (TPSA) is 44.7 Å². The van der Waals surface area contributed by atoms with E-state index in [-0.39, 0.29) is 11.4 Å². The molecule has 4 nitrogen and oxygen atoms in total. The van der Waals surface area contributed by atoms with E-state index in [1.807, 2.05) is 6.08 Å². The molecule has 31 heavy (non-hydrogen) atoms. The number of thioether (sulfide) groups is 1. The smallest absolute Gasteiger partial charge is 0.264 e. The number of nitrogens with one attached hydrogen (secondary N) is 1. The number of carbonyl (C=O) groups is 1. The number of aliphatic imine (C=N–C) groups is 1. The van der Waals surface area contributed by atoms with Gasteiger partial charge in [-0.3, -0.25) is 4.79 Å². The number of carbonyl (C=O) groups excluding carboxylic acids is 1. The van der Waals surface area contributed by atoms with Gasteiger partial charge in [-0.2, -0.15) is 0 Å². The second-order valence-corrected chi connectivity index (χ2v) is 10.4. The maximum Gasteiger partial charge on any atom is 0.264 e. The minimum atomic E-state index is -0.163. The first kappa shape index (κ1) is 22.3. The van der Waals surface area contributed by atoms with Crippen LogP contribution in [0.5, 0.6) is 0 Å². The predicted molar refractivity (Wildman–Crippen MR) is 134 cm³/mol. The summed E-state index contributed by atoms with van der Waals surface area (Å²) in [7, 11) is 0. The van der Waals surface area contributed by atoms with Gasteiger partial charge in [0.05, 0.1) is 20.6 Å². The Morgan fingerprint density at radius 3 is 2.81 bits per heavy atom. The number of nitrogens with zero attached hydrogens (tertiary/aromatic N) is 2. The van der Waals surface area contributed by atoms with Crippen molar-refractivity contribution < 1.29 is 4.79 Å². The highest BCUT2D eigenvalue weighted by atomic mass is 35.5. The van der Waals surface area contributed by atoms with Crippen molar-refractivity contribution in [2.45, 2.75) is 45.6 Å². The molecule has 1 unspecified atom stereocenters. The number of amidine groups is 1. The average molecular weight is 474 g/mol. The number of rotatable bonds is 3. The highest BCUT2D eigenvalue weighted by molar-refractivity contribution is 8.18. The molecule has 0 aromatic heterocycles. The number of benzene rings is 2. The molecule has 1 N–H and O–H groups in total. The molecule has 2 aliphatic heterocycles. The van der Waals surface area contributed by atoms with E-state index >= 15 is 0 Å². The van der Waals surface area contributed by atoms with Crippen LogP contribution in [-0.2, 0) is 4.79 Å². The van der Waals surface area contributed by atoms with E-state index in [9.17, 15) is 4.79 Å². The molecule has 0 saturated carbocycles. The van der Waals surface area contributed by atoms with E-state index in [1.54, 1.807) is 18.2 Å². The number of halogens is 2. The second kappa shape index (κ2) is 8.53. The van der Waals surface area contributed by atoms with Gasteiger partial charge in [-0.25, -0.2) is 4.99 Å². The minimum absolute atomic E-state index is 0.134. The molecule has 2 aliphatic rings. The molecular weight excluding hydrogens is 449 g/mol. The molecule has 0 aliphatic carbocycles. The van der Waals surface area contributed by atoms with Gasteiger partial charge in [-0.05, 0) is 86.3 Å². The van der Waals surface area contributed by atoms with Gasteiger partial charge in [0.1, 0.15) is 0 Å². The lowest BCUT2D eigenvalue weighted by Gasteiger charge is -2.47. The highest BCUT2D eigenvalue weighted by Crippen LogP contribution is 2.44. The van der Waals surface area contributed by atoms with E-state index in [1.165, 1.54) is 23.0 Å². The average Bonchev–Trinajstić information content (AvgIpc) is 3.04. The molecule has 1 fully saturated rings. The molecule has 2 aromatic carbocycles. The van der Waals surface area contributed by atoms with E-state index in [2.05, 4.69) is 61.1 Å². The Labute approximate surface area is 197 Å². The number of anilines is 1. The molecule has 0 spiro atoms. The number of hydrogen-bond acceptors (Lipinski definition) is 4. The van der Waals surface area contributed by atoms with Crippen LogP contribution in [0.2, 0.25) is 10.0 Å². The minimum Gasteiger partial charge on any atom is -0.366 e. The van der Waals surface area contributed by atoms with Gasteiger partial charge < -0.3 is 10.2 Å². The summed E-state index contributed by atoms with van der Waals surface area (Å²) < 4.78 is 0. The predicted octanol–water partition coefficient (Wildman–Crippen LogP) is 7.00. The van der Waals surface area contributed by atoms with Gasteiger partial charge in [0.2, 0.25) is 0 Å². The van der Waals surface area contributed by atoms with Crippen LogP contribution in [0.15, 0.2) is 46.3 Å². The van der Waals surface area contributed by atoms with Crippen molar-refractivity contribution >= 4 is 63.5 Å². The van der Waals surface area contributed by atoms with Gasteiger partial charge in [-0.15, -0.1) is 0 Å². The lowest BCUT2D eigenvalue weighted by molar-refractivity contribution is -0.115. The van der Waals surface area contributed by atoms with E-state index in [0.717, 1.165) is 18.5 Å². The maximum atomic E-state index is 12.5. The Morgan fingerprint density at radius 2 is 2.06 bits per heavy atom. The van der Waals surface area contributed by atoms with Crippen LogP contribution in [0, 0.1) is 0 Å². The monoisotopic (exact) mass is 473 g/mol. The van der Waals surface area contributed by atoms with Crippen LogP contribution >= 0.6 is 35.0 Å². The molecule has 0 radical (unpaired) electrons. The first-order chi connectivity index (χ1) is 14.7. The van der Waals surface area contributed by atoms with E-state index in [0.29, 0.717) is 31.7 Å². The fourth-order valence-corrected chi connectivity index (χ4v) is 5.69. The van der Waals surface area contributed by atoms with Gasteiger partial charge in [0, 0.05) is 17.8 Å². The molecule has 1 saturated heterocycles. The standard InChI is InChI=1S/C24H25Cl2N3OS/c1-5-29-19-10-9-15(11-16(19)14(2)13-24(29,3)4)12-20-22(30)28-23(31-20)27-18-8-6-7-17(25)21(18)26/h6-12,14H,5,13H2,1-4H3,(H,27,28,30)/b20-12-.